The summed E-state index contributed by atoms with van der Waals surface area (Å²) in [6, 6.07) is 0. The first-order chi connectivity index (χ1) is 7.72. The molecule has 3 atom stereocenters. The highest BCUT2D eigenvalue weighted by Gasteiger charge is 2.39. The van der Waals surface area contributed by atoms with Crippen LogP contribution in [0.5, 0.6) is 0 Å². The SMILES string of the molecule is CN(CC1CC2CCC1C2)c1nc(N)ns1. The second kappa shape index (κ2) is 3.87. The van der Waals surface area contributed by atoms with Crippen molar-refractivity contribution in [1.82, 2.24) is 9.36 Å². The van der Waals surface area contributed by atoms with Gasteiger partial charge in [0.15, 0.2) is 0 Å². The second-order valence-electron chi connectivity index (χ2n) is 5.25. The van der Waals surface area contributed by atoms with Gasteiger partial charge in [0.05, 0.1) is 0 Å². The summed E-state index contributed by atoms with van der Waals surface area (Å²) >= 11 is 1.40. The van der Waals surface area contributed by atoms with E-state index in [0.29, 0.717) is 5.95 Å². The minimum absolute atomic E-state index is 0.403. The second-order valence-corrected chi connectivity index (χ2v) is 5.98. The number of hydrogen-bond donors (Lipinski definition) is 1. The molecule has 0 radical (unpaired) electrons. The average Bonchev–Trinajstić information content (AvgIpc) is 2.92. The van der Waals surface area contributed by atoms with Gasteiger partial charge in [-0.3, -0.25) is 0 Å². The Morgan fingerprint density at radius 1 is 1.44 bits per heavy atom. The highest BCUT2D eigenvalue weighted by molar-refractivity contribution is 7.09. The summed E-state index contributed by atoms with van der Waals surface area (Å²) in [6.07, 6.45) is 5.80. The molecule has 0 spiro atoms. The van der Waals surface area contributed by atoms with Crippen molar-refractivity contribution in [2.45, 2.75) is 25.7 Å². The Morgan fingerprint density at radius 2 is 2.31 bits per heavy atom. The predicted octanol–water partition coefficient (Wildman–Crippen LogP) is 1.99. The topological polar surface area (TPSA) is 55.0 Å². The predicted molar refractivity (Wildman–Crippen MR) is 66.5 cm³/mol. The molecule has 0 amide bonds. The van der Waals surface area contributed by atoms with Crippen LogP contribution in [0.4, 0.5) is 11.1 Å². The molecule has 2 fully saturated rings. The van der Waals surface area contributed by atoms with E-state index in [1.165, 1.54) is 37.2 Å². The van der Waals surface area contributed by atoms with E-state index in [9.17, 15) is 0 Å². The van der Waals surface area contributed by atoms with Crippen LogP contribution >= 0.6 is 11.5 Å². The number of rotatable bonds is 3. The van der Waals surface area contributed by atoms with Gasteiger partial charge in [0.1, 0.15) is 0 Å². The lowest BCUT2D eigenvalue weighted by atomic mass is 9.88. The molecular weight excluding hydrogens is 220 g/mol. The van der Waals surface area contributed by atoms with E-state index in [0.717, 1.165) is 29.4 Å². The molecule has 1 aromatic rings. The zero-order chi connectivity index (χ0) is 11.1. The molecule has 4 nitrogen and oxygen atoms in total. The van der Waals surface area contributed by atoms with Gasteiger partial charge in [0, 0.05) is 25.1 Å². The molecule has 88 valence electrons. The number of hydrogen-bond acceptors (Lipinski definition) is 5. The fraction of sp³-hybridized carbons (Fsp3) is 0.818. The van der Waals surface area contributed by atoms with Gasteiger partial charge in [-0.15, -0.1) is 0 Å². The third-order valence-corrected chi connectivity index (χ3v) is 5.00. The number of nitrogens with zero attached hydrogens (tertiary/aromatic N) is 3. The quantitative estimate of drug-likeness (QED) is 0.875. The van der Waals surface area contributed by atoms with Crippen molar-refractivity contribution in [3.63, 3.8) is 0 Å². The van der Waals surface area contributed by atoms with Crippen molar-refractivity contribution in [2.75, 3.05) is 24.2 Å². The monoisotopic (exact) mass is 238 g/mol. The maximum atomic E-state index is 5.55. The zero-order valence-electron chi connectivity index (χ0n) is 9.59. The molecule has 1 aromatic heterocycles. The van der Waals surface area contributed by atoms with Crippen LogP contribution < -0.4 is 10.6 Å². The molecule has 2 N–H and O–H groups in total. The van der Waals surface area contributed by atoms with E-state index in [4.69, 9.17) is 5.73 Å². The first-order valence-corrected chi connectivity index (χ1v) is 6.80. The smallest absolute Gasteiger partial charge is 0.233 e. The normalized spacial score (nSPS) is 32.2. The molecule has 3 rings (SSSR count). The van der Waals surface area contributed by atoms with Crippen molar-refractivity contribution >= 4 is 22.6 Å². The Labute approximate surface area is 100 Å². The summed E-state index contributed by atoms with van der Waals surface area (Å²) in [4.78, 5) is 6.45. The standard InChI is InChI=1S/C11H18N4S/c1-15(11-13-10(12)14-16-11)6-9-5-7-2-3-8(9)4-7/h7-9H,2-6H2,1H3,(H2,12,14). The third kappa shape index (κ3) is 1.77. The van der Waals surface area contributed by atoms with Crippen LogP contribution in [-0.2, 0) is 0 Å². The summed E-state index contributed by atoms with van der Waals surface area (Å²) in [6.45, 7) is 1.12. The van der Waals surface area contributed by atoms with E-state index in [1.54, 1.807) is 0 Å². The van der Waals surface area contributed by atoms with Crippen molar-refractivity contribution in [1.29, 1.82) is 0 Å². The molecule has 3 unspecified atom stereocenters. The third-order valence-electron chi connectivity index (χ3n) is 4.15. The van der Waals surface area contributed by atoms with Gasteiger partial charge in [0.25, 0.3) is 0 Å². The van der Waals surface area contributed by atoms with Gasteiger partial charge in [-0.2, -0.15) is 9.36 Å². The summed E-state index contributed by atoms with van der Waals surface area (Å²) in [5.74, 6) is 3.26. The molecule has 2 saturated carbocycles. The lowest BCUT2D eigenvalue weighted by Crippen LogP contribution is -2.28. The minimum Gasteiger partial charge on any atom is -0.367 e. The Bertz CT molecular complexity index is 378. The maximum Gasteiger partial charge on any atom is 0.233 e. The summed E-state index contributed by atoms with van der Waals surface area (Å²) in [7, 11) is 2.10. The Kier molecular flexibility index (Phi) is 2.50. The van der Waals surface area contributed by atoms with Gasteiger partial charge in [-0.25, -0.2) is 0 Å². The van der Waals surface area contributed by atoms with Crippen molar-refractivity contribution < 1.29 is 0 Å². The lowest BCUT2D eigenvalue weighted by molar-refractivity contribution is 0.337. The summed E-state index contributed by atoms with van der Waals surface area (Å²) in [5.41, 5.74) is 5.55. The van der Waals surface area contributed by atoms with E-state index in [1.807, 2.05) is 0 Å². The zero-order valence-corrected chi connectivity index (χ0v) is 10.4. The number of aromatic nitrogens is 2. The molecule has 16 heavy (non-hydrogen) atoms. The lowest BCUT2D eigenvalue weighted by Gasteiger charge is -2.26. The number of nitrogens with two attached hydrogens (primary N) is 1. The fourth-order valence-electron chi connectivity index (χ4n) is 3.41. The Hall–Kier alpha value is -0.840. The number of nitrogen functional groups attached to an aromatic ring is 1. The molecule has 0 saturated heterocycles. The Balaban J connectivity index is 1.62. The van der Waals surface area contributed by atoms with Crippen molar-refractivity contribution in [3.8, 4) is 0 Å². The van der Waals surface area contributed by atoms with Crippen molar-refractivity contribution in [2.24, 2.45) is 17.8 Å². The van der Waals surface area contributed by atoms with Gasteiger partial charge < -0.3 is 10.6 Å². The Morgan fingerprint density at radius 3 is 2.88 bits per heavy atom. The molecule has 1 heterocycles. The van der Waals surface area contributed by atoms with E-state index in [-0.39, 0.29) is 0 Å². The number of fused-ring (bicyclic) bond motifs is 2. The van der Waals surface area contributed by atoms with Crippen LogP contribution in [0.2, 0.25) is 0 Å². The van der Waals surface area contributed by atoms with Gasteiger partial charge in [-0.05, 0) is 37.0 Å². The maximum absolute atomic E-state index is 5.55. The molecule has 0 aromatic carbocycles. The molecular formula is C11H18N4S. The minimum atomic E-state index is 0.403. The van der Waals surface area contributed by atoms with E-state index >= 15 is 0 Å². The van der Waals surface area contributed by atoms with Crippen LogP contribution in [0, 0.1) is 17.8 Å². The van der Waals surface area contributed by atoms with Crippen molar-refractivity contribution in [3.05, 3.63) is 0 Å². The van der Waals surface area contributed by atoms with Crippen LogP contribution in [0.25, 0.3) is 0 Å². The molecule has 0 aliphatic heterocycles. The first kappa shape index (κ1) is 10.3. The summed E-state index contributed by atoms with van der Waals surface area (Å²) < 4.78 is 4.03. The molecule has 2 aliphatic carbocycles. The highest BCUT2D eigenvalue weighted by atomic mass is 32.1. The van der Waals surface area contributed by atoms with Gasteiger partial charge in [0.2, 0.25) is 11.1 Å². The number of anilines is 2. The fourth-order valence-corrected chi connectivity index (χ4v) is 3.98. The van der Waals surface area contributed by atoms with Crippen LogP contribution in [0.15, 0.2) is 0 Å². The summed E-state index contributed by atoms with van der Waals surface area (Å²) in [5, 5.41) is 0.959. The first-order valence-electron chi connectivity index (χ1n) is 6.02. The highest BCUT2D eigenvalue weighted by Crippen LogP contribution is 2.48. The van der Waals surface area contributed by atoms with Gasteiger partial charge in [-0.1, -0.05) is 6.42 Å². The average molecular weight is 238 g/mol. The molecule has 2 aliphatic rings. The van der Waals surface area contributed by atoms with Crippen LogP contribution in [0.3, 0.4) is 0 Å². The van der Waals surface area contributed by atoms with Gasteiger partial charge >= 0.3 is 0 Å². The van der Waals surface area contributed by atoms with Crippen LogP contribution in [-0.4, -0.2) is 22.9 Å². The molecule has 2 bridgehead atoms. The van der Waals surface area contributed by atoms with E-state index < -0.39 is 0 Å². The van der Waals surface area contributed by atoms with E-state index in [2.05, 4.69) is 21.3 Å². The van der Waals surface area contributed by atoms with Crippen LogP contribution in [0.1, 0.15) is 25.7 Å². The molecule has 5 heteroatoms. The largest absolute Gasteiger partial charge is 0.367 e.